The normalized spacial score (nSPS) is 18.2. The lowest BCUT2D eigenvalue weighted by Gasteiger charge is -2.36. The molecule has 1 aliphatic carbocycles. The second-order valence-electron chi connectivity index (χ2n) is 7.85. The van der Waals surface area contributed by atoms with Crippen molar-refractivity contribution in [2.75, 3.05) is 27.9 Å². The first-order valence-corrected chi connectivity index (χ1v) is 11.8. The highest BCUT2D eigenvalue weighted by atomic mass is 32.2. The number of sulfonamides is 1. The molecule has 0 saturated heterocycles. The Morgan fingerprint density at radius 3 is 2.39 bits per heavy atom. The lowest BCUT2D eigenvalue weighted by Crippen LogP contribution is -2.41. The highest BCUT2D eigenvalue weighted by Crippen LogP contribution is 2.42. The monoisotopic (exact) mass is 445 g/mol. The molecule has 2 aromatic carbocycles. The van der Waals surface area contributed by atoms with Gasteiger partial charge in [-0.25, -0.2) is 8.42 Å². The minimum atomic E-state index is -3.81. The number of methoxy groups -OCH3 is 3. The number of hydrogen-bond acceptors (Lipinski definition) is 6. The molecule has 1 atom stereocenters. The summed E-state index contributed by atoms with van der Waals surface area (Å²) in [5, 5.41) is 0. The summed E-state index contributed by atoms with van der Waals surface area (Å²) in [6.45, 7) is 0.267. The summed E-state index contributed by atoms with van der Waals surface area (Å²) in [6.07, 6.45) is 3.35. The largest absolute Gasteiger partial charge is 0.493 e. The molecule has 0 unspecified atom stereocenters. The number of ether oxygens (including phenoxy) is 3. The zero-order chi connectivity index (χ0) is 22.2. The van der Waals surface area contributed by atoms with Crippen LogP contribution in [0.4, 0.5) is 0 Å². The van der Waals surface area contributed by atoms with E-state index in [1.165, 1.54) is 24.1 Å². The van der Waals surface area contributed by atoms with Crippen LogP contribution in [-0.2, 0) is 38.8 Å². The molecule has 0 spiro atoms. The fraction of sp³-hybridized carbons (Fsp3) is 0.435. The van der Waals surface area contributed by atoms with Gasteiger partial charge in [-0.2, -0.15) is 4.31 Å². The van der Waals surface area contributed by atoms with E-state index in [1.807, 2.05) is 12.1 Å². The number of aryl methyl sites for hydroxylation is 2. The van der Waals surface area contributed by atoms with Gasteiger partial charge in [0.25, 0.3) is 0 Å². The SMILES string of the molecule is COC(=O)C[C@@H]1c2cc(OC)c(OC)cc2CCN1S(=O)(=O)c1ccc2c(c1)CCC2. The first kappa shape index (κ1) is 21.6. The maximum atomic E-state index is 13.7. The molecule has 31 heavy (non-hydrogen) atoms. The van der Waals surface area contributed by atoms with Gasteiger partial charge < -0.3 is 14.2 Å². The molecule has 7 nitrogen and oxygen atoms in total. The van der Waals surface area contributed by atoms with Crippen LogP contribution in [0.25, 0.3) is 0 Å². The van der Waals surface area contributed by atoms with Gasteiger partial charge in [0.1, 0.15) is 0 Å². The van der Waals surface area contributed by atoms with Crippen molar-refractivity contribution in [1.29, 1.82) is 0 Å². The molecule has 1 heterocycles. The van der Waals surface area contributed by atoms with Gasteiger partial charge in [-0.1, -0.05) is 6.07 Å². The van der Waals surface area contributed by atoms with Gasteiger partial charge in [-0.15, -0.1) is 0 Å². The fourth-order valence-corrected chi connectivity index (χ4v) is 6.25. The molecule has 4 rings (SSSR count). The van der Waals surface area contributed by atoms with Crippen LogP contribution in [0.2, 0.25) is 0 Å². The van der Waals surface area contributed by atoms with Crippen molar-refractivity contribution in [2.24, 2.45) is 0 Å². The molecule has 0 bridgehead atoms. The van der Waals surface area contributed by atoms with Crippen molar-refractivity contribution in [3.8, 4) is 11.5 Å². The number of esters is 1. The minimum Gasteiger partial charge on any atom is -0.493 e. The topological polar surface area (TPSA) is 82.1 Å². The summed E-state index contributed by atoms with van der Waals surface area (Å²) in [5.41, 5.74) is 3.98. The Morgan fingerprint density at radius 1 is 0.968 bits per heavy atom. The van der Waals surface area contributed by atoms with Gasteiger partial charge in [0.15, 0.2) is 11.5 Å². The Balaban J connectivity index is 1.79. The van der Waals surface area contributed by atoms with Crippen LogP contribution in [0.3, 0.4) is 0 Å². The van der Waals surface area contributed by atoms with E-state index in [0.29, 0.717) is 17.9 Å². The molecular formula is C23H27NO6S. The number of hydrogen-bond donors (Lipinski definition) is 0. The van der Waals surface area contributed by atoms with E-state index >= 15 is 0 Å². The van der Waals surface area contributed by atoms with E-state index in [1.54, 1.807) is 25.3 Å². The molecule has 8 heteroatoms. The quantitative estimate of drug-likeness (QED) is 0.636. The van der Waals surface area contributed by atoms with E-state index in [4.69, 9.17) is 14.2 Å². The van der Waals surface area contributed by atoms with Gasteiger partial charge in [-0.05, 0) is 72.2 Å². The average Bonchev–Trinajstić information content (AvgIpc) is 3.26. The van der Waals surface area contributed by atoms with Gasteiger partial charge in [0.2, 0.25) is 10.0 Å². The smallest absolute Gasteiger partial charge is 0.307 e. The Bertz CT molecular complexity index is 1110. The zero-order valence-corrected chi connectivity index (χ0v) is 18.8. The zero-order valence-electron chi connectivity index (χ0n) is 18.0. The summed E-state index contributed by atoms with van der Waals surface area (Å²) in [7, 11) is 0.583. The standard InChI is InChI=1S/C23H27NO6S/c1-28-21-12-17-9-10-24(20(14-23(25)30-3)19(17)13-22(21)29-2)31(26,27)18-8-7-15-5-4-6-16(15)11-18/h7-8,11-13,20H,4-6,9-10,14H2,1-3H3/t20-/m1/s1. The second-order valence-corrected chi connectivity index (χ2v) is 9.74. The number of fused-ring (bicyclic) bond motifs is 2. The fourth-order valence-electron chi connectivity index (χ4n) is 4.59. The van der Waals surface area contributed by atoms with Gasteiger partial charge in [0, 0.05) is 6.54 Å². The predicted octanol–water partition coefficient (Wildman–Crippen LogP) is 3.04. The Hall–Kier alpha value is -2.58. The van der Waals surface area contributed by atoms with Crippen LogP contribution in [0.15, 0.2) is 35.2 Å². The van der Waals surface area contributed by atoms with Crippen molar-refractivity contribution < 1.29 is 27.4 Å². The third-order valence-electron chi connectivity index (χ3n) is 6.22. The van der Waals surface area contributed by atoms with Crippen molar-refractivity contribution >= 4 is 16.0 Å². The van der Waals surface area contributed by atoms with Crippen LogP contribution in [0.5, 0.6) is 11.5 Å². The molecule has 0 fully saturated rings. The number of carbonyl (C=O) groups excluding carboxylic acids is 1. The lowest BCUT2D eigenvalue weighted by atomic mass is 9.91. The van der Waals surface area contributed by atoms with Crippen molar-refractivity contribution in [1.82, 2.24) is 4.31 Å². The molecule has 0 N–H and O–H groups in total. The first-order chi connectivity index (χ1) is 14.9. The van der Waals surface area contributed by atoms with Crippen LogP contribution in [0.1, 0.15) is 41.1 Å². The van der Waals surface area contributed by atoms with E-state index in [-0.39, 0.29) is 17.9 Å². The predicted molar refractivity (Wildman–Crippen MR) is 115 cm³/mol. The Labute approximate surface area is 183 Å². The van der Waals surface area contributed by atoms with Crippen molar-refractivity contribution in [3.63, 3.8) is 0 Å². The first-order valence-electron chi connectivity index (χ1n) is 10.3. The number of rotatable bonds is 6. The van der Waals surface area contributed by atoms with Crippen molar-refractivity contribution in [3.05, 3.63) is 52.6 Å². The molecule has 2 aliphatic rings. The summed E-state index contributed by atoms with van der Waals surface area (Å²) in [4.78, 5) is 12.5. The van der Waals surface area contributed by atoms with Crippen LogP contribution in [-0.4, -0.2) is 46.6 Å². The Morgan fingerprint density at radius 2 is 1.68 bits per heavy atom. The molecule has 166 valence electrons. The maximum Gasteiger partial charge on any atom is 0.307 e. The summed E-state index contributed by atoms with van der Waals surface area (Å²) < 4.78 is 44.5. The van der Waals surface area contributed by atoms with Gasteiger partial charge in [-0.3, -0.25) is 4.79 Å². The van der Waals surface area contributed by atoms with Gasteiger partial charge >= 0.3 is 5.97 Å². The maximum absolute atomic E-state index is 13.7. The molecule has 0 saturated carbocycles. The molecule has 0 radical (unpaired) electrons. The molecule has 0 amide bonds. The average molecular weight is 446 g/mol. The summed E-state index contributed by atoms with van der Waals surface area (Å²) in [5.74, 6) is 0.600. The van der Waals surface area contributed by atoms with E-state index in [9.17, 15) is 13.2 Å². The highest BCUT2D eigenvalue weighted by Gasteiger charge is 2.39. The molecule has 1 aliphatic heterocycles. The molecule has 0 aromatic heterocycles. The third-order valence-corrected chi connectivity index (χ3v) is 8.12. The lowest BCUT2D eigenvalue weighted by molar-refractivity contribution is -0.141. The van der Waals surface area contributed by atoms with E-state index in [2.05, 4.69) is 0 Å². The van der Waals surface area contributed by atoms with E-state index < -0.39 is 22.0 Å². The number of benzene rings is 2. The van der Waals surface area contributed by atoms with Crippen LogP contribution < -0.4 is 9.47 Å². The molecular weight excluding hydrogens is 418 g/mol. The third kappa shape index (κ3) is 3.90. The van der Waals surface area contributed by atoms with Crippen LogP contribution in [0, 0.1) is 0 Å². The number of nitrogens with zero attached hydrogens (tertiary/aromatic N) is 1. The van der Waals surface area contributed by atoms with Gasteiger partial charge in [0.05, 0.1) is 38.7 Å². The summed E-state index contributed by atoms with van der Waals surface area (Å²) >= 11 is 0. The number of carbonyl (C=O) groups is 1. The molecule has 2 aromatic rings. The minimum absolute atomic E-state index is 0.0802. The van der Waals surface area contributed by atoms with E-state index in [0.717, 1.165) is 36.0 Å². The van der Waals surface area contributed by atoms with Crippen LogP contribution >= 0.6 is 0 Å². The van der Waals surface area contributed by atoms with Crippen molar-refractivity contribution in [2.45, 2.75) is 43.0 Å². The highest BCUT2D eigenvalue weighted by molar-refractivity contribution is 7.89. The Kier molecular flexibility index (Phi) is 5.94. The second kappa shape index (κ2) is 8.51. The summed E-state index contributed by atoms with van der Waals surface area (Å²) in [6, 6.07) is 8.32.